The van der Waals surface area contributed by atoms with Gasteiger partial charge in [0.15, 0.2) is 5.76 Å². The van der Waals surface area contributed by atoms with E-state index in [2.05, 4.69) is 0 Å². The number of carbonyl (C=O) groups is 1. The molecular weight excluding hydrogens is 206 g/mol. The number of rotatable bonds is 1. The maximum Gasteiger partial charge on any atom is 0.289 e. The second-order valence-electron chi connectivity index (χ2n) is 4.38. The van der Waals surface area contributed by atoms with Crippen molar-refractivity contribution in [1.29, 1.82) is 0 Å². The van der Waals surface area contributed by atoms with E-state index in [1.807, 2.05) is 20.8 Å². The van der Waals surface area contributed by atoms with Crippen molar-refractivity contribution >= 4 is 5.91 Å². The van der Waals surface area contributed by atoms with E-state index in [1.165, 1.54) is 0 Å². The lowest BCUT2D eigenvalue weighted by Gasteiger charge is -2.34. The van der Waals surface area contributed by atoms with Gasteiger partial charge in [-0.05, 0) is 32.9 Å². The summed E-state index contributed by atoms with van der Waals surface area (Å²) in [6, 6.07) is 3.53. The molecule has 0 bridgehead atoms. The van der Waals surface area contributed by atoms with Gasteiger partial charge in [-0.1, -0.05) is 0 Å². The molecule has 2 atom stereocenters. The van der Waals surface area contributed by atoms with Gasteiger partial charge in [0.1, 0.15) is 5.76 Å². The second kappa shape index (κ2) is 4.29. The van der Waals surface area contributed by atoms with Crippen molar-refractivity contribution in [1.82, 2.24) is 4.90 Å². The van der Waals surface area contributed by atoms with Crippen LogP contribution < -0.4 is 0 Å². The summed E-state index contributed by atoms with van der Waals surface area (Å²) < 4.78 is 10.9. The molecule has 0 N–H and O–H groups in total. The zero-order valence-electron chi connectivity index (χ0n) is 9.90. The zero-order valence-corrected chi connectivity index (χ0v) is 9.90. The van der Waals surface area contributed by atoms with Crippen molar-refractivity contribution in [3.63, 3.8) is 0 Å². The number of hydrogen-bond donors (Lipinski definition) is 0. The number of morpholine rings is 1. The predicted octanol–water partition coefficient (Wildman–Crippen LogP) is 1.84. The number of carbonyl (C=O) groups excluding carboxylic acids is 1. The van der Waals surface area contributed by atoms with Crippen molar-refractivity contribution in [3.8, 4) is 0 Å². The van der Waals surface area contributed by atoms with Crippen LogP contribution >= 0.6 is 0 Å². The Morgan fingerprint density at radius 3 is 2.44 bits per heavy atom. The Bertz CT molecular complexity index is 375. The number of amides is 1. The average molecular weight is 223 g/mol. The van der Waals surface area contributed by atoms with Crippen LogP contribution in [0.15, 0.2) is 16.5 Å². The molecule has 1 fully saturated rings. The van der Waals surface area contributed by atoms with Crippen LogP contribution in [0.5, 0.6) is 0 Å². The third-order valence-corrected chi connectivity index (χ3v) is 2.66. The lowest BCUT2D eigenvalue weighted by Crippen LogP contribution is -2.48. The summed E-state index contributed by atoms with van der Waals surface area (Å²) >= 11 is 0. The maximum atomic E-state index is 12.1. The number of ether oxygens (including phenoxy) is 1. The van der Waals surface area contributed by atoms with Crippen LogP contribution in [0.2, 0.25) is 0 Å². The number of furan rings is 1. The van der Waals surface area contributed by atoms with Gasteiger partial charge in [-0.2, -0.15) is 0 Å². The van der Waals surface area contributed by atoms with Gasteiger partial charge in [0.05, 0.1) is 12.2 Å². The third kappa shape index (κ3) is 2.27. The molecule has 1 aromatic heterocycles. The Kier molecular flexibility index (Phi) is 3.01. The van der Waals surface area contributed by atoms with Crippen molar-refractivity contribution in [2.45, 2.75) is 33.0 Å². The lowest BCUT2D eigenvalue weighted by molar-refractivity contribution is -0.0592. The summed E-state index contributed by atoms with van der Waals surface area (Å²) in [5.74, 6) is 1.13. The first-order valence-electron chi connectivity index (χ1n) is 5.57. The maximum absolute atomic E-state index is 12.1. The highest BCUT2D eigenvalue weighted by Crippen LogP contribution is 2.15. The topological polar surface area (TPSA) is 42.7 Å². The Labute approximate surface area is 95.2 Å². The second-order valence-corrected chi connectivity index (χ2v) is 4.38. The number of nitrogens with zero attached hydrogens (tertiary/aromatic N) is 1. The lowest BCUT2D eigenvalue weighted by atomic mass is 10.2. The van der Waals surface area contributed by atoms with Crippen LogP contribution in [-0.2, 0) is 4.74 Å². The van der Waals surface area contributed by atoms with Gasteiger partial charge in [-0.25, -0.2) is 0 Å². The van der Waals surface area contributed by atoms with E-state index >= 15 is 0 Å². The van der Waals surface area contributed by atoms with E-state index in [0.29, 0.717) is 18.8 Å². The highest BCUT2D eigenvalue weighted by atomic mass is 16.5. The van der Waals surface area contributed by atoms with Crippen LogP contribution in [-0.4, -0.2) is 36.1 Å². The molecule has 1 aliphatic heterocycles. The van der Waals surface area contributed by atoms with Gasteiger partial charge in [-0.3, -0.25) is 4.79 Å². The molecule has 2 heterocycles. The molecule has 4 nitrogen and oxygen atoms in total. The molecule has 2 unspecified atom stereocenters. The van der Waals surface area contributed by atoms with E-state index in [1.54, 1.807) is 17.0 Å². The standard InChI is InChI=1S/C12H17NO3/c1-8-4-5-11(16-8)12(14)13-6-9(2)15-10(3)7-13/h4-5,9-10H,6-7H2,1-3H3. The van der Waals surface area contributed by atoms with Gasteiger partial charge in [0.2, 0.25) is 0 Å². The van der Waals surface area contributed by atoms with Crippen molar-refractivity contribution in [3.05, 3.63) is 23.7 Å². The Hall–Kier alpha value is -1.29. The molecule has 1 aromatic rings. The van der Waals surface area contributed by atoms with Gasteiger partial charge in [0, 0.05) is 13.1 Å². The van der Waals surface area contributed by atoms with Gasteiger partial charge >= 0.3 is 0 Å². The predicted molar refractivity (Wildman–Crippen MR) is 59.4 cm³/mol. The molecule has 2 rings (SSSR count). The molecule has 16 heavy (non-hydrogen) atoms. The summed E-state index contributed by atoms with van der Waals surface area (Å²) in [7, 11) is 0. The van der Waals surface area contributed by atoms with Crippen LogP contribution in [0.1, 0.15) is 30.2 Å². The van der Waals surface area contributed by atoms with Crippen LogP contribution in [0.4, 0.5) is 0 Å². The van der Waals surface area contributed by atoms with E-state index in [0.717, 1.165) is 5.76 Å². The molecular formula is C12H17NO3. The summed E-state index contributed by atoms with van der Waals surface area (Å²) in [6.07, 6.45) is 0.174. The molecule has 0 aliphatic carbocycles. The molecule has 1 aliphatic rings. The number of hydrogen-bond acceptors (Lipinski definition) is 3. The first kappa shape index (κ1) is 11.2. The molecule has 0 saturated carbocycles. The van der Waals surface area contributed by atoms with Crippen LogP contribution in [0, 0.1) is 6.92 Å². The largest absolute Gasteiger partial charge is 0.456 e. The van der Waals surface area contributed by atoms with E-state index in [-0.39, 0.29) is 18.1 Å². The highest BCUT2D eigenvalue weighted by molar-refractivity contribution is 5.91. The smallest absolute Gasteiger partial charge is 0.289 e. The first-order chi connectivity index (χ1) is 7.56. The molecule has 0 radical (unpaired) electrons. The average Bonchev–Trinajstić information content (AvgIpc) is 2.62. The zero-order chi connectivity index (χ0) is 11.7. The molecule has 0 spiro atoms. The molecule has 1 amide bonds. The molecule has 4 heteroatoms. The first-order valence-corrected chi connectivity index (χ1v) is 5.57. The summed E-state index contributed by atoms with van der Waals surface area (Å²) in [4.78, 5) is 13.9. The van der Waals surface area contributed by atoms with E-state index in [9.17, 15) is 4.79 Å². The monoisotopic (exact) mass is 223 g/mol. The van der Waals surface area contributed by atoms with E-state index < -0.39 is 0 Å². The Morgan fingerprint density at radius 1 is 1.31 bits per heavy atom. The Balaban J connectivity index is 2.09. The van der Waals surface area contributed by atoms with E-state index in [4.69, 9.17) is 9.15 Å². The SMILES string of the molecule is Cc1ccc(C(=O)N2CC(C)OC(C)C2)o1. The number of aryl methyl sites for hydroxylation is 1. The van der Waals surface area contributed by atoms with Crippen LogP contribution in [0.25, 0.3) is 0 Å². The van der Waals surface area contributed by atoms with Gasteiger partial charge in [0.25, 0.3) is 5.91 Å². The van der Waals surface area contributed by atoms with Crippen molar-refractivity contribution in [2.75, 3.05) is 13.1 Å². The van der Waals surface area contributed by atoms with Crippen molar-refractivity contribution < 1.29 is 13.9 Å². The van der Waals surface area contributed by atoms with Gasteiger partial charge < -0.3 is 14.1 Å². The summed E-state index contributed by atoms with van der Waals surface area (Å²) in [6.45, 7) is 7.04. The van der Waals surface area contributed by atoms with Gasteiger partial charge in [-0.15, -0.1) is 0 Å². The fourth-order valence-electron chi connectivity index (χ4n) is 2.05. The van der Waals surface area contributed by atoms with Crippen molar-refractivity contribution in [2.24, 2.45) is 0 Å². The normalized spacial score (nSPS) is 25.8. The quantitative estimate of drug-likeness (QED) is 0.729. The summed E-state index contributed by atoms with van der Waals surface area (Å²) in [5.41, 5.74) is 0. The summed E-state index contributed by atoms with van der Waals surface area (Å²) in [5, 5.41) is 0. The third-order valence-electron chi connectivity index (χ3n) is 2.66. The molecule has 88 valence electrons. The minimum Gasteiger partial charge on any atom is -0.456 e. The van der Waals surface area contributed by atoms with Crippen LogP contribution in [0.3, 0.4) is 0 Å². The fourth-order valence-corrected chi connectivity index (χ4v) is 2.05. The minimum atomic E-state index is -0.0462. The Morgan fingerprint density at radius 2 is 1.94 bits per heavy atom. The highest BCUT2D eigenvalue weighted by Gasteiger charge is 2.27. The minimum absolute atomic E-state index is 0.0462. The molecule has 0 aromatic carbocycles. The fraction of sp³-hybridized carbons (Fsp3) is 0.583. The molecule has 1 saturated heterocycles.